The van der Waals surface area contributed by atoms with Crippen LogP contribution in [0.25, 0.3) is 17.2 Å². The van der Waals surface area contributed by atoms with E-state index in [1.807, 2.05) is 55.5 Å². The first-order valence-electron chi connectivity index (χ1n) is 12.6. The molecule has 0 aliphatic carbocycles. The van der Waals surface area contributed by atoms with Crippen LogP contribution in [0.5, 0.6) is 11.5 Å². The lowest BCUT2D eigenvalue weighted by Crippen LogP contribution is -2.12. The number of hydrogen-bond donors (Lipinski definition) is 1. The van der Waals surface area contributed by atoms with E-state index in [-0.39, 0.29) is 12.5 Å². The van der Waals surface area contributed by atoms with E-state index < -0.39 is 5.97 Å². The van der Waals surface area contributed by atoms with Gasteiger partial charge in [0.25, 0.3) is 0 Å². The molecule has 0 saturated heterocycles. The molecule has 0 atom stereocenters. The molecule has 2 aromatic carbocycles. The van der Waals surface area contributed by atoms with Gasteiger partial charge < -0.3 is 19.5 Å². The molecule has 0 saturated carbocycles. The number of methoxy groups -OCH3 is 1. The fourth-order valence-electron chi connectivity index (χ4n) is 3.93. The monoisotopic (exact) mass is 521 g/mol. The summed E-state index contributed by atoms with van der Waals surface area (Å²) < 4.78 is 16.7. The SMILES string of the molecule is CCCCCCOc1ccc(/C=C/C(=O)Nc2sc(C)c(-c3ccccc3)c2C(=O)OCC)cc1OC. The van der Waals surface area contributed by atoms with Crippen LogP contribution >= 0.6 is 11.3 Å². The minimum Gasteiger partial charge on any atom is -0.493 e. The number of esters is 1. The van der Waals surface area contributed by atoms with Crippen molar-refractivity contribution in [1.29, 1.82) is 0 Å². The Morgan fingerprint density at radius 1 is 1.00 bits per heavy atom. The Bertz CT molecular complexity index is 1220. The van der Waals surface area contributed by atoms with Gasteiger partial charge in [-0.15, -0.1) is 11.3 Å². The van der Waals surface area contributed by atoms with Gasteiger partial charge in [0, 0.05) is 16.5 Å². The molecule has 0 unspecified atom stereocenters. The van der Waals surface area contributed by atoms with Crippen LogP contribution < -0.4 is 14.8 Å². The molecule has 7 heteroatoms. The summed E-state index contributed by atoms with van der Waals surface area (Å²) in [6, 6.07) is 15.2. The van der Waals surface area contributed by atoms with Crippen molar-refractivity contribution in [2.24, 2.45) is 0 Å². The standard InChI is InChI=1S/C30H35NO5S/c1-5-7-8-12-19-36-24-17-15-22(20-25(24)34-4)16-18-26(32)31-29-28(30(33)35-6-2)27(21(3)37-29)23-13-10-9-11-14-23/h9-11,13-18,20H,5-8,12,19H2,1-4H3,(H,31,32)/b18-16+. The van der Waals surface area contributed by atoms with Crippen molar-refractivity contribution >= 4 is 34.3 Å². The number of thiophene rings is 1. The van der Waals surface area contributed by atoms with Crippen molar-refractivity contribution in [2.45, 2.75) is 46.5 Å². The molecular formula is C30H35NO5S. The molecule has 0 spiro atoms. The van der Waals surface area contributed by atoms with Gasteiger partial charge in [-0.1, -0.05) is 62.6 Å². The molecule has 6 nitrogen and oxygen atoms in total. The number of unbranched alkanes of at least 4 members (excludes halogenated alkanes) is 3. The molecule has 3 aromatic rings. The summed E-state index contributed by atoms with van der Waals surface area (Å²) in [5.74, 6) is 0.493. The highest BCUT2D eigenvalue weighted by atomic mass is 32.1. The third-order valence-electron chi connectivity index (χ3n) is 5.73. The van der Waals surface area contributed by atoms with E-state index in [1.165, 1.54) is 30.3 Å². The molecule has 1 N–H and O–H groups in total. The molecule has 3 rings (SSSR count). The summed E-state index contributed by atoms with van der Waals surface area (Å²) in [6.45, 7) is 6.76. The van der Waals surface area contributed by atoms with Gasteiger partial charge in [-0.05, 0) is 49.6 Å². The minimum atomic E-state index is -0.458. The number of aryl methyl sites for hydroxylation is 1. The Labute approximate surface area is 223 Å². The third kappa shape index (κ3) is 7.70. The average Bonchev–Trinajstić information content (AvgIpc) is 3.23. The van der Waals surface area contributed by atoms with Crippen molar-refractivity contribution in [3.63, 3.8) is 0 Å². The summed E-state index contributed by atoms with van der Waals surface area (Å²) in [4.78, 5) is 26.6. The normalized spacial score (nSPS) is 10.9. The lowest BCUT2D eigenvalue weighted by Gasteiger charge is -2.11. The Kier molecular flexibility index (Phi) is 10.8. The van der Waals surface area contributed by atoms with Crippen LogP contribution in [0.3, 0.4) is 0 Å². The van der Waals surface area contributed by atoms with E-state index in [4.69, 9.17) is 14.2 Å². The molecule has 0 aliphatic rings. The summed E-state index contributed by atoms with van der Waals surface area (Å²) in [5, 5.41) is 3.34. The predicted octanol–water partition coefficient (Wildman–Crippen LogP) is 7.52. The molecule has 1 heterocycles. The number of nitrogens with one attached hydrogen (secondary N) is 1. The predicted molar refractivity (Wildman–Crippen MR) is 151 cm³/mol. The highest BCUT2D eigenvalue weighted by Crippen LogP contribution is 2.40. The van der Waals surface area contributed by atoms with Crippen molar-refractivity contribution in [2.75, 3.05) is 25.6 Å². The number of amides is 1. The molecule has 0 fully saturated rings. The molecular weight excluding hydrogens is 486 g/mol. The second kappa shape index (κ2) is 14.2. The third-order valence-corrected chi connectivity index (χ3v) is 6.75. The van der Waals surface area contributed by atoms with Crippen molar-refractivity contribution in [1.82, 2.24) is 0 Å². The topological polar surface area (TPSA) is 73.9 Å². The maximum Gasteiger partial charge on any atom is 0.341 e. The smallest absolute Gasteiger partial charge is 0.341 e. The quantitative estimate of drug-likeness (QED) is 0.143. The molecule has 196 valence electrons. The Morgan fingerprint density at radius 2 is 1.78 bits per heavy atom. The lowest BCUT2D eigenvalue weighted by atomic mass is 10.0. The van der Waals surface area contributed by atoms with E-state index in [1.54, 1.807) is 20.1 Å². The number of carbonyl (C=O) groups excluding carboxylic acids is 2. The van der Waals surface area contributed by atoms with E-state index in [2.05, 4.69) is 12.2 Å². The van der Waals surface area contributed by atoms with Gasteiger partial charge in [-0.3, -0.25) is 4.79 Å². The Balaban J connectivity index is 1.75. The van der Waals surface area contributed by atoms with E-state index in [9.17, 15) is 9.59 Å². The lowest BCUT2D eigenvalue weighted by molar-refractivity contribution is -0.111. The average molecular weight is 522 g/mol. The minimum absolute atomic E-state index is 0.246. The molecule has 0 aliphatic heterocycles. The molecule has 1 amide bonds. The maximum absolute atomic E-state index is 12.9. The zero-order chi connectivity index (χ0) is 26.6. The molecule has 0 radical (unpaired) electrons. The number of ether oxygens (including phenoxy) is 3. The Morgan fingerprint density at radius 3 is 2.49 bits per heavy atom. The Hall–Kier alpha value is -3.58. The highest BCUT2D eigenvalue weighted by Gasteiger charge is 2.25. The zero-order valence-corrected chi connectivity index (χ0v) is 22.8. The molecule has 37 heavy (non-hydrogen) atoms. The van der Waals surface area contributed by atoms with E-state index in [0.717, 1.165) is 34.4 Å². The second-order valence-corrected chi connectivity index (χ2v) is 9.69. The molecule has 0 bridgehead atoms. The van der Waals surface area contributed by atoms with Gasteiger partial charge in [0.2, 0.25) is 5.91 Å². The maximum atomic E-state index is 12.9. The van der Waals surface area contributed by atoms with E-state index in [0.29, 0.717) is 28.7 Å². The summed E-state index contributed by atoms with van der Waals surface area (Å²) in [5.41, 5.74) is 2.84. The highest BCUT2D eigenvalue weighted by molar-refractivity contribution is 7.17. The number of anilines is 1. The van der Waals surface area contributed by atoms with Gasteiger partial charge in [0.1, 0.15) is 10.6 Å². The van der Waals surface area contributed by atoms with Crippen LogP contribution in [0.15, 0.2) is 54.6 Å². The number of rotatable bonds is 13. The second-order valence-electron chi connectivity index (χ2n) is 8.47. The summed E-state index contributed by atoms with van der Waals surface area (Å²) in [6.07, 6.45) is 7.66. The summed E-state index contributed by atoms with van der Waals surface area (Å²) in [7, 11) is 1.60. The molecule has 1 aromatic heterocycles. The van der Waals surface area contributed by atoms with Gasteiger partial charge in [-0.25, -0.2) is 4.79 Å². The fourth-order valence-corrected chi connectivity index (χ4v) is 4.99. The van der Waals surface area contributed by atoms with Gasteiger partial charge in [-0.2, -0.15) is 0 Å². The van der Waals surface area contributed by atoms with Crippen molar-refractivity contribution < 1.29 is 23.8 Å². The summed E-state index contributed by atoms with van der Waals surface area (Å²) >= 11 is 1.36. The van der Waals surface area contributed by atoms with Crippen molar-refractivity contribution in [3.05, 3.63) is 70.6 Å². The van der Waals surface area contributed by atoms with Gasteiger partial charge >= 0.3 is 5.97 Å². The number of benzene rings is 2. The van der Waals surface area contributed by atoms with E-state index >= 15 is 0 Å². The van der Waals surface area contributed by atoms with Crippen molar-refractivity contribution in [3.8, 4) is 22.6 Å². The number of carbonyl (C=O) groups is 2. The van der Waals surface area contributed by atoms with Gasteiger partial charge in [0.15, 0.2) is 11.5 Å². The first kappa shape index (κ1) is 28.0. The first-order chi connectivity index (χ1) is 18.0. The largest absolute Gasteiger partial charge is 0.493 e. The van der Waals surface area contributed by atoms with Gasteiger partial charge in [0.05, 0.1) is 20.3 Å². The van der Waals surface area contributed by atoms with Crippen LogP contribution in [0.4, 0.5) is 5.00 Å². The van der Waals surface area contributed by atoms with Crippen LogP contribution in [-0.2, 0) is 9.53 Å². The number of hydrogen-bond acceptors (Lipinski definition) is 6. The van der Waals surface area contributed by atoms with Crippen LogP contribution in [0, 0.1) is 6.92 Å². The fraction of sp³-hybridized carbons (Fsp3) is 0.333. The first-order valence-corrected chi connectivity index (χ1v) is 13.5. The van der Waals surface area contributed by atoms with Crippen LogP contribution in [-0.4, -0.2) is 32.2 Å². The van der Waals surface area contributed by atoms with Crippen LogP contribution in [0.2, 0.25) is 0 Å². The van der Waals surface area contributed by atoms with Crippen LogP contribution in [0.1, 0.15) is 60.3 Å². The zero-order valence-electron chi connectivity index (χ0n) is 22.0.